The number of carbonyl (C=O) groups is 2. The van der Waals surface area contributed by atoms with Crippen LogP contribution in [0.4, 0.5) is 0 Å². The molecular formula is C10H14O4. The van der Waals surface area contributed by atoms with E-state index in [9.17, 15) is 9.59 Å². The van der Waals surface area contributed by atoms with Gasteiger partial charge in [0.05, 0.1) is 18.1 Å². The van der Waals surface area contributed by atoms with E-state index in [2.05, 4.69) is 11.3 Å². The van der Waals surface area contributed by atoms with Crippen LogP contribution in [-0.4, -0.2) is 25.7 Å². The number of esters is 2. The van der Waals surface area contributed by atoms with Crippen LogP contribution in [0.2, 0.25) is 0 Å². The standard InChI is InChI=1S/C10H14O4/c1-7(8(11)13-3)6-14-9(12)10(2)4-5-10/h1,4-6H2,2-3H3. The summed E-state index contributed by atoms with van der Waals surface area (Å²) >= 11 is 0. The molecular weight excluding hydrogens is 184 g/mol. The van der Waals surface area contributed by atoms with Gasteiger partial charge in [0, 0.05) is 0 Å². The van der Waals surface area contributed by atoms with Crippen molar-refractivity contribution in [2.24, 2.45) is 5.41 Å². The molecule has 0 aromatic carbocycles. The molecule has 0 aromatic rings. The summed E-state index contributed by atoms with van der Waals surface area (Å²) < 4.78 is 9.33. The van der Waals surface area contributed by atoms with Crippen LogP contribution < -0.4 is 0 Å². The molecule has 1 aliphatic rings. The number of methoxy groups -OCH3 is 1. The minimum absolute atomic E-state index is 0.0822. The number of carbonyl (C=O) groups excluding carboxylic acids is 2. The summed E-state index contributed by atoms with van der Waals surface area (Å²) in [5.74, 6) is -0.804. The van der Waals surface area contributed by atoms with Crippen LogP contribution in [0.1, 0.15) is 19.8 Å². The lowest BCUT2D eigenvalue weighted by atomic mass is 10.1. The Balaban J connectivity index is 2.30. The van der Waals surface area contributed by atoms with E-state index < -0.39 is 5.97 Å². The SMILES string of the molecule is C=C(COC(=O)C1(C)CC1)C(=O)OC. The fourth-order valence-electron chi connectivity index (χ4n) is 0.922. The first kappa shape index (κ1) is 10.8. The number of rotatable bonds is 4. The molecule has 1 aliphatic carbocycles. The van der Waals surface area contributed by atoms with Crippen LogP contribution in [0, 0.1) is 5.41 Å². The zero-order valence-electron chi connectivity index (χ0n) is 8.46. The van der Waals surface area contributed by atoms with Crippen LogP contribution in [-0.2, 0) is 19.1 Å². The van der Waals surface area contributed by atoms with E-state index in [1.807, 2.05) is 6.92 Å². The lowest BCUT2D eigenvalue weighted by molar-refractivity contribution is -0.149. The lowest BCUT2D eigenvalue weighted by Crippen LogP contribution is -2.19. The molecule has 0 spiro atoms. The summed E-state index contributed by atoms with van der Waals surface area (Å²) in [6, 6.07) is 0. The van der Waals surface area contributed by atoms with E-state index in [1.165, 1.54) is 7.11 Å². The summed E-state index contributed by atoms with van der Waals surface area (Å²) in [5, 5.41) is 0. The van der Waals surface area contributed by atoms with Gasteiger partial charge in [-0.1, -0.05) is 6.58 Å². The van der Waals surface area contributed by atoms with Crippen molar-refractivity contribution in [2.75, 3.05) is 13.7 Å². The zero-order valence-corrected chi connectivity index (χ0v) is 8.46. The number of ether oxygens (including phenoxy) is 2. The van der Waals surface area contributed by atoms with Gasteiger partial charge in [-0.15, -0.1) is 0 Å². The van der Waals surface area contributed by atoms with Crippen molar-refractivity contribution in [2.45, 2.75) is 19.8 Å². The highest BCUT2D eigenvalue weighted by Crippen LogP contribution is 2.45. The minimum atomic E-state index is -0.543. The van der Waals surface area contributed by atoms with Gasteiger partial charge in [-0.05, 0) is 19.8 Å². The maximum atomic E-state index is 11.3. The summed E-state index contributed by atoms with van der Waals surface area (Å²) in [6.07, 6.45) is 1.72. The van der Waals surface area contributed by atoms with Crippen molar-refractivity contribution in [3.05, 3.63) is 12.2 Å². The normalized spacial score (nSPS) is 17.0. The Bertz CT molecular complexity index is 276. The van der Waals surface area contributed by atoms with E-state index in [4.69, 9.17) is 4.74 Å². The minimum Gasteiger partial charge on any atom is -0.466 e. The molecule has 14 heavy (non-hydrogen) atoms. The highest BCUT2D eigenvalue weighted by molar-refractivity contribution is 5.88. The molecule has 1 fully saturated rings. The Labute approximate surface area is 82.9 Å². The van der Waals surface area contributed by atoms with Gasteiger partial charge >= 0.3 is 11.9 Å². The molecule has 0 bridgehead atoms. The molecule has 0 unspecified atom stereocenters. The largest absolute Gasteiger partial charge is 0.466 e. The van der Waals surface area contributed by atoms with Crippen LogP contribution in [0.3, 0.4) is 0 Å². The van der Waals surface area contributed by atoms with Crippen molar-refractivity contribution >= 4 is 11.9 Å². The Morgan fingerprint density at radius 3 is 2.43 bits per heavy atom. The van der Waals surface area contributed by atoms with E-state index in [0.717, 1.165) is 12.8 Å². The summed E-state index contributed by atoms with van der Waals surface area (Å²) in [6.45, 7) is 5.21. The maximum Gasteiger partial charge on any atom is 0.336 e. The van der Waals surface area contributed by atoms with Gasteiger partial charge in [0.25, 0.3) is 0 Å². The molecule has 0 N–H and O–H groups in total. The highest BCUT2D eigenvalue weighted by Gasteiger charge is 2.46. The van der Waals surface area contributed by atoms with Gasteiger partial charge in [0.1, 0.15) is 6.61 Å². The van der Waals surface area contributed by atoms with Crippen LogP contribution >= 0.6 is 0 Å². The molecule has 0 saturated heterocycles. The monoisotopic (exact) mass is 198 g/mol. The first-order valence-corrected chi connectivity index (χ1v) is 4.43. The van der Waals surface area contributed by atoms with Crippen molar-refractivity contribution in [3.63, 3.8) is 0 Å². The Hall–Kier alpha value is -1.32. The third kappa shape index (κ3) is 2.34. The summed E-state index contributed by atoms with van der Waals surface area (Å²) in [7, 11) is 1.26. The molecule has 0 atom stereocenters. The van der Waals surface area contributed by atoms with E-state index >= 15 is 0 Å². The summed E-state index contributed by atoms with van der Waals surface area (Å²) in [5.41, 5.74) is -0.166. The second-order valence-electron chi connectivity index (χ2n) is 3.73. The average molecular weight is 198 g/mol. The van der Waals surface area contributed by atoms with Gasteiger partial charge in [0.2, 0.25) is 0 Å². The predicted molar refractivity (Wildman–Crippen MR) is 49.5 cm³/mol. The first-order chi connectivity index (χ1) is 6.49. The second kappa shape index (κ2) is 3.82. The molecule has 0 heterocycles. The fraction of sp³-hybridized carbons (Fsp3) is 0.600. The molecule has 0 amide bonds. The Morgan fingerprint density at radius 2 is 2.00 bits per heavy atom. The van der Waals surface area contributed by atoms with Crippen LogP contribution in [0.5, 0.6) is 0 Å². The van der Waals surface area contributed by atoms with Gasteiger partial charge in [0.15, 0.2) is 0 Å². The van der Waals surface area contributed by atoms with Gasteiger partial charge in [-0.25, -0.2) is 4.79 Å². The van der Waals surface area contributed by atoms with E-state index in [1.54, 1.807) is 0 Å². The highest BCUT2D eigenvalue weighted by atomic mass is 16.5. The third-order valence-electron chi connectivity index (χ3n) is 2.34. The molecule has 4 heteroatoms. The van der Waals surface area contributed by atoms with Gasteiger partial charge in [-0.3, -0.25) is 4.79 Å². The van der Waals surface area contributed by atoms with Crippen molar-refractivity contribution < 1.29 is 19.1 Å². The van der Waals surface area contributed by atoms with Gasteiger partial charge < -0.3 is 9.47 Å². The maximum absolute atomic E-state index is 11.3. The quantitative estimate of drug-likeness (QED) is 0.500. The van der Waals surface area contributed by atoms with E-state index in [0.29, 0.717) is 0 Å². The van der Waals surface area contributed by atoms with Crippen molar-refractivity contribution in [1.82, 2.24) is 0 Å². The molecule has 78 valence electrons. The third-order valence-corrected chi connectivity index (χ3v) is 2.34. The molecule has 1 saturated carbocycles. The smallest absolute Gasteiger partial charge is 0.336 e. The van der Waals surface area contributed by atoms with E-state index in [-0.39, 0.29) is 23.6 Å². The number of hydrogen-bond donors (Lipinski definition) is 0. The lowest BCUT2D eigenvalue weighted by Gasteiger charge is -2.09. The molecule has 0 aliphatic heterocycles. The average Bonchev–Trinajstić information content (AvgIpc) is 2.92. The molecule has 0 radical (unpaired) electrons. The molecule has 1 rings (SSSR count). The summed E-state index contributed by atoms with van der Waals surface area (Å²) in [4.78, 5) is 22.2. The Kier molecular flexibility index (Phi) is 2.93. The predicted octanol–water partition coefficient (Wildman–Crippen LogP) is 1.06. The number of hydrogen-bond acceptors (Lipinski definition) is 4. The van der Waals surface area contributed by atoms with Gasteiger partial charge in [-0.2, -0.15) is 0 Å². The Morgan fingerprint density at radius 1 is 1.43 bits per heavy atom. The first-order valence-electron chi connectivity index (χ1n) is 4.43. The van der Waals surface area contributed by atoms with Crippen LogP contribution in [0.15, 0.2) is 12.2 Å². The van der Waals surface area contributed by atoms with Crippen molar-refractivity contribution in [3.8, 4) is 0 Å². The second-order valence-corrected chi connectivity index (χ2v) is 3.73. The fourth-order valence-corrected chi connectivity index (χ4v) is 0.922. The molecule has 4 nitrogen and oxygen atoms in total. The zero-order chi connectivity index (χ0) is 10.8. The van der Waals surface area contributed by atoms with Crippen molar-refractivity contribution in [1.29, 1.82) is 0 Å². The molecule has 0 aromatic heterocycles. The van der Waals surface area contributed by atoms with Crippen LogP contribution in [0.25, 0.3) is 0 Å². The topological polar surface area (TPSA) is 52.6 Å².